The average Bonchev–Trinajstić information content (AvgIpc) is 3.01. The zero-order valence-electron chi connectivity index (χ0n) is 11.0. The fourth-order valence-electron chi connectivity index (χ4n) is 2.43. The number of benzene rings is 1. The first kappa shape index (κ1) is 13.5. The number of anilines is 1. The van der Waals surface area contributed by atoms with Gasteiger partial charge in [0.15, 0.2) is 0 Å². The van der Waals surface area contributed by atoms with Crippen molar-refractivity contribution in [2.24, 2.45) is 0 Å². The number of hydrogen-bond acceptors (Lipinski definition) is 3. The first-order valence-corrected chi connectivity index (χ1v) is 7.89. The Morgan fingerprint density at radius 2 is 1.85 bits per heavy atom. The maximum Gasteiger partial charge on any atom is 0.254 e. The van der Waals surface area contributed by atoms with E-state index in [4.69, 9.17) is 11.6 Å². The third-order valence-corrected chi connectivity index (χ3v) is 4.53. The van der Waals surface area contributed by atoms with Crippen LogP contribution in [0.25, 0.3) is 0 Å². The number of rotatable bonds is 2. The van der Waals surface area contributed by atoms with Gasteiger partial charge >= 0.3 is 0 Å². The highest BCUT2D eigenvalue weighted by molar-refractivity contribution is 7.08. The summed E-state index contributed by atoms with van der Waals surface area (Å²) in [5, 5.41) is 4.61. The van der Waals surface area contributed by atoms with Crippen molar-refractivity contribution < 1.29 is 4.79 Å². The Balaban J connectivity index is 1.65. The van der Waals surface area contributed by atoms with Crippen LogP contribution >= 0.6 is 22.9 Å². The van der Waals surface area contributed by atoms with Crippen LogP contribution < -0.4 is 4.90 Å². The van der Waals surface area contributed by atoms with Crippen LogP contribution in [0, 0.1) is 0 Å². The molecule has 1 aliphatic rings. The molecule has 0 atom stereocenters. The maximum absolute atomic E-state index is 12.3. The van der Waals surface area contributed by atoms with Crippen molar-refractivity contribution in [1.82, 2.24) is 4.90 Å². The topological polar surface area (TPSA) is 23.6 Å². The van der Waals surface area contributed by atoms with Crippen LogP contribution in [0.1, 0.15) is 10.4 Å². The van der Waals surface area contributed by atoms with Crippen molar-refractivity contribution in [3.05, 3.63) is 51.7 Å². The van der Waals surface area contributed by atoms with Gasteiger partial charge in [-0.3, -0.25) is 4.79 Å². The van der Waals surface area contributed by atoms with Crippen molar-refractivity contribution in [3.8, 4) is 0 Å². The van der Waals surface area contributed by atoms with E-state index >= 15 is 0 Å². The summed E-state index contributed by atoms with van der Waals surface area (Å²) in [6.07, 6.45) is 0. The summed E-state index contributed by atoms with van der Waals surface area (Å²) in [6, 6.07) is 9.73. The number of hydrogen-bond donors (Lipinski definition) is 0. The minimum Gasteiger partial charge on any atom is -0.367 e. The van der Waals surface area contributed by atoms with Crippen LogP contribution in [0.5, 0.6) is 0 Å². The molecule has 1 aromatic heterocycles. The lowest BCUT2D eigenvalue weighted by molar-refractivity contribution is 0.0747. The predicted octanol–water partition coefficient (Wildman–Crippen LogP) is 3.36. The summed E-state index contributed by atoms with van der Waals surface area (Å²) in [7, 11) is 0. The summed E-state index contributed by atoms with van der Waals surface area (Å²) < 4.78 is 0. The third-order valence-electron chi connectivity index (χ3n) is 3.53. The molecule has 3 nitrogen and oxygen atoms in total. The molecule has 0 radical (unpaired) electrons. The van der Waals surface area contributed by atoms with Gasteiger partial charge in [-0.2, -0.15) is 11.3 Å². The number of nitrogens with zero attached hydrogens (tertiary/aromatic N) is 2. The van der Waals surface area contributed by atoms with Gasteiger partial charge in [0.25, 0.3) is 5.91 Å². The second-order valence-corrected chi connectivity index (χ2v) is 5.93. The molecule has 0 bridgehead atoms. The van der Waals surface area contributed by atoms with Gasteiger partial charge in [0, 0.05) is 31.6 Å². The Bertz CT molecular complexity index is 592. The summed E-state index contributed by atoms with van der Waals surface area (Å²) in [5.41, 5.74) is 1.85. The number of para-hydroxylation sites is 1. The number of thiophene rings is 1. The van der Waals surface area contributed by atoms with E-state index < -0.39 is 0 Å². The molecular weight excluding hydrogens is 292 g/mol. The Hall–Kier alpha value is -1.52. The molecule has 2 heterocycles. The van der Waals surface area contributed by atoms with Crippen molar-refractivity contribution in [1.29, 1.82) is 0 Å². The SMILES string of the molecule is O=C(c1ccsc1)N1CCN(c2ccccc2Cl)CC1. The molecule has 5 heteroatoms. The van der Waals surface area contributed by atoms with Crippen LogP contribution in [0.3, 0.4) is 0 Å². The molecule has 3 rings (SSSR count). The molecular formula is C15H15ClN2OS. The Labute approximate surface area is 127 Å². The lowest BCUT2D eigenvalue weighted by atomic mass is 10.2. The first-order chi connectivity index (χ1) is 9.75. The minimum atomic E-state index is 0.130. The Kier molecular flexibility index (Phi) is 3.94. The van der Waals surface area contributed by atoms with Crippen LogP contribution in [0.4, 0.5) is 5.69 Å². The van der Waals surface area contributed by atoms with Gasteiger partial charge in [0.1, 0.15) is 0 Å². The second-order valence-electron chi connectivity index (χ2n) is 4.74. The highest BCUT2D eigenvalue weighted by Gasteiger charge is 2.23. The number of amides is 1. The molecule has 0 aliphatic carbocycles. The lowest BCUT2D eigenvalue weighted by Gasteiger charge is -2.36. The molecule has 0 unspecified atom stereocenters. The van der Waals surface area contributed by atoms with E-state index in [-0.39, 0.29) is 5.91 Å². The molecule has 0 N–H and O–H groups in total. The number of carbonyl (C=O) groups excluding carboxylic acids is 1. The lowest BCUT2D eigenvalue weighted by Crippen LogP contribution is -2.48. The molecule has 20 heavy (non-hydrogen) atoms. The van der Waals surface area contributed by atoms with E-state index in [1.807, 2.05) is 46.0 Å². The Morgan fingerprint density at radius 3 is 2.50 bits per heavy atom. The molecule has 1 amide bonds. The number of halogens is 1. The van der Waals surface area contributed by atoms with Crippen molar-refractivity contribution in [2.45, 2.75) is 0 Å². The Morgan fingerprint density at radius 1 is 1.10 bits per heavy atom. The molecule has 2 aromatic rings. The van der Waals surface area contributed by atoms with Crippen LogP contribution in [0.2, 0.25) is 5.02 Å². The fourth-order valence-corrected chi connectivity index (χ4v) is 3.31. The van der Waals surface area contributed by atoms with Crippen molar-refractivity contribution >= 4 is 34.5 Å². The van der Waals surface area contributed by atoms with Gasteiger partial charge in [-0.1, -0.05) is 23.7 Å². The van der Waals surface area contributed by atoms with Gasteiger partial charge in [0.2, 0.25) is 0 Å². The normalized spacial score (nSPS) is 15.4. The summed E-state index contributed by atoms with van der Waals surface area (Å²) in [6.45, 7) is 3.11. The number of carbonyl (C=O) groups is 1. The first-order valence-electron chi connectivity index (χ1n) is 6.56. The van der Waals surface area contributed by atoms with Gasteiger partial charge < -0.3 is 9.80 Å². The molecule has 1 fully saturated rings. The van der Waals surface area contributed by atoms with Gasteiger partial charge in [-0.25, -0.2) is 0 Å². The molecule has 1 aliphatic heterocycles. The van der Waals surface area contributed by atoms with Crippen molar-refractivity contribution in [2.75, 3.05) is 31.1 Å². The molecule has 104 valence electrons. The van der Waals surface area contributed by atoms with E-state index in [0.717, 1.165) is 42.5 Å². The molecule has 0 saturated carbocycles. The standard InChI is InChI=1S/C15H15ClN2OS/c16-13-3-1-2-4-14(13)17-6-8-18(9-7-17)15(19)12-5-10-20-11-12/h1-5,10-11H,6-9H2. The summed E-state index contributed by atoms with van der Waals surface area (Å²) in [5.74, 6) is 0.130. The number of piperazine rings is 1. The monoisotopic (exact) mass is 306 g/mol. The predicted molar refractivity (Wildman–Crippen MR) is 83.9 cm³/mol. The largest absolute Gasteiger partial charge is 0.367 e. The van der Waals surface area contributed by atoms with E-state index in [2.05, 4.69) is 4.90 Å². The molecule has 0 spiro atoms. The van der Waals surface area contributed by atoms with Crippen LogP contribution in [-0.4, -0.2) is 37.0 Å². The van der Waals surface area contributed by atoms with Crippen LogP contribution in [0.15, 0.2) is 41.1 Å². The van der Waals surface area contributed by atoms with E-state index in [1.54, 1.807) is 11.3 Å². The van der Waals surface area contributed by atoms with E-state index in [1.165, 1.54) is 0 Å². The van der Waals surface area contributed by atoms with Gasteiger partial charge in [-0.05, 0) is 23.6 Å². The second kappa shape index (κ2) is 5.85. The van der Waals surface area contributed by atoms with Gasteiger partial charge in [0.05, 0.1) is 16.3 Å². The minimum absolute atomic E-state index is 0.130. The summed E-state index contributed by atoms with van der Waals surface area (Å²) in [4.78, 5) is 16.4. The quantitative estimate of drug-likeness (QED) is 0.849. The van der Waals surface area contributed by atoms with E-state index in [0.29, 0.717) is 0 Å². The van der Waals surface area contributed by atoms with Crippen LogP contribution in [-0.2, 0) is 0 Å². The van der Waals surface area contributed by atoms with E-state index in [9.17, 15) is 4.79 Å². The zero-order valence-corrected chi connectivity index (χ0v) is 12.5. The summed E-state index contributed by atoms with van der Waals surface area (Å²) >= 11 is 7.77. The zero-order chi connectivity index (χ0) is 13.9. The molecule has 1 aromatic carbocycles. The fraction of sp³-hybridized carbons (Fsp3) is 0.267. The highest BCUT2D eigenvalue weighted by Crippen LogP contribution is 2.26. The maximum atomic E-state index is 12.3. The van der Waals surface area contributed by atoms with Gasteiger partial charge in [-0.15, -0.1) is 0 Å². The average molecular weight is 307 g/mol. The highest BCUT2D eigenvalue weighted by atomic mass is 35.5. The smallest absolute Gasteiger partial charge is 0.254 e. The van der Waals surface area contributed by atoms with Crippen molar-refractivity contribution in [3.63, 3.8) is 0 Å². The third kappa shape index (κ3) is 2.67. The molecule has 1 saturated heterocycles.